The van der Waals surface area contributed by atoms with Gasteiger partial charge < -0.3 is 14.9 Å². The summed E-state index contributed by atoms with van der Waals surface area (Å²) >= 11 is 9.11. The number of benzene rings is 1. The predicted octanol–water partition coefficient (Wildman–Crippen LogP) is 2.98. The molecular formula is C13H11BrClFN4O2. The lowest BCUT2D eigenvalue weighted by atomic mass is 10.2. The number of rotatable bonds is 1. The Kier molecular flexibility index (Phi) is 4.05. The molecule has 0 bridgehead atoms. The molecule has 1 aromatic heterocycles. The third-order valence-electron chi connectivity index (χ3n) is 3.59. The number of fused-ring (bicyclic) bond motifs is 1. The summed E-state index contributed by atoms with van der Waals surface area (Å²) in [6, 6.07) is 1.61. The third-order valence-corrected chi connectivity index (χ3v) is 4.90. The van der Waals surface area contributed by atoms with E-state index in [1.807, 2.05) is 4.90 Å². The summed E-state index contributed by atoms with van der Waals surface area (Å²) in [5, 5.41) is 9.73. The van der Waals surface area contributed by atoms with Gasteiger partial charge in [-0.2, -0.15) is 0 Å². The molecule has 0 atom stereocenters. The number of aromatic nitrogens is 2. The summed E-state index contributed by atoms with van der Waals surface area (Å²) in [4.78, 5) is 22.4. The summed E-state index contributed by atoms with van der Waals surface area (Å²) in [7, 11) is 0. The first-order valence-electron chi connectivity index (χ1n) is 6.50. The maximum atomic E-state index is 14.2. The zero-order chi connectivity index (χ0) is 15.9. The van der Waals surface area contributed by atoms with E-state index in [2.05, 4.69) is 25.9 Å². The molecule has 3 rings (SSSR count). The highest BCUT2D eigenvalue weighted by molar-refractivity contribution is 9.10. The Morgan fingerprint density at radius 2 is 2.00 bits per heavy atom. The van der Waals surface area contributed by atoms with Gasteiger partial charge in [-0.15, -0.1) is 0 Å². The second-order valence-corrected chi connectivity index (χ2v) is 6.04. The average molecular weight is 390 g/mol. The molecule has 0 spiro atoms. The molecule has 1 fully saturated rings. The summed E-state index contributed by atoms with van der Waals surface area (Å²) in [5.41, 5.74) is 0.182. The molecule has 1 aliphatic rings. The minimum absolute atomic E-state index is 0.169. The highest BCUT2D eigenvalue weighted by Crippen LogP contribution is 2.34. The zero-order valence-electron chi connectivity index (χ0n) is 11.3. The maximum Gasteiger partial charge on any atom is 0.407 e. The number of amides is 1. The molecule has 2 aromatic rings. The molecule has 1 amide bonds. The van der Waals surface area contributed by atoms with Gasteiger partial charge in [-0.1, -0.05) is 11.6 Å². The monoisotopic (exact) mass is 388 g/mol. The first kappa shape index (κ1) is 15.2. The van der Waals surface area contributed by atoms with Gasteiger partial charge in [-0.25, -0.2) is 19.2 Å². The van der Waals surface area contributed by atoms with Crippen LogP contribution >= 0.6 is 27.5 Å². The van der Waals surface area contributed by atoms with Crippen LogP contribution in [0.4, 0.5) is 15.0 Å². The third kappa shape index (κ3) is 2.56. The molecule has 116 valence electrons. The van der Waals surface area contributed by atoms with Gasteiger partial charge >= 0.3 is 6.09 Å². The van der Waals surface area contributed by atoms with Crippen molar-refractivity contribution >= 4 is 50.3 Å². The minimum atomic E-state index is -0.940. The van der Waals surface area contributed by atoms with Crippen LogP contribution < -0.4 is 4.90 Å². The number of anilines is 1. The Morgan fingerprint density at radius 3 is 2.64 bits per heavy atom. The van der Waals surface area contributed by atoms with Gasteiger partial charge in [-0.3, -0.25) is 0 Å². The average Bonchev–Trinajstić information content (AvgIpc) is 2.52. The topological polar surface area (TPSA) is 69.6 Å². The van der Waals surface area contributed by atoms with Crippen LogP contribution in [-0.2, 0) is 0 Å². The van der Waals surface area contributed by atoms with Crippen LogP contribution in [0, 0.1) is 5.82 Å². The molecule has 1 N–H and O–H groups in total. The van der Waals surface area contributed by atoms with Gasteiger partial charge in [0.05, 0.1) is 9.50 Å². The lowest BCUT2D eigenvalue weighted by molar-refractivity contribution is 0.142. The fraction of sp³-hybridized carbons (Fsp3) is 0.308. The first-order valence-corrected chi connectivity index (χ1v) is 7.67. The van der Waals surface area contributed by atoms with Crippen LogP contribution in [-0.4, -0.2) is 52.2 Å². The molecule has 6 nitrogen and oxygen atoms in total. The van der Waals surface area contributed by atoms with Crippen molar-refractivity contribution in [3.05, 3.63) is 27.7 Å². The van der Waals surface area contributed by atoms with Crippen LogP contribution in [0.1, 0.15) is 0 Å². The fourth-order valence-corrected chi connectivity index (χ4v) is 2.95. The molecule has 22 heavy (non-hydrogen) atoms. The Labute approximate surface area is 138 Å². The number of carbonyl (C=O) groups is 1. The Bertz CT molecular complexity index is 752. The van der Waals surface area contributed by atoms with E-state index in [1.54, 1.807) is 6.07 Å². The SMILES string of the molecule is O=C(O)N1CCN(c2ncnc3c(F)c(Br)c(Cl)cc23)CC1. The van der Waals surface area contributed by atoms with Crippen molar-refractivity contribution in [3.63, 3.8) is 0 Å². The standard InChI is InChI=1S/C13H11BrClFN4O2/c14-9-8(15)5-7-11(10(9)16)17-6-18-12(7)19-1-3-20(4-2-19)13(21)22/h5-6H,1-4H2,(H,21,22). The van der Waals surface area contributed by atoms with Crippen molar-refractivity contribution < 1.29 is 14.3 Å². The number of hydrogen-bond acceptors (Lipinski definition) is 4. The van der Waals surface area contributed by atoms with Gasteiger partial charge in [0.2, 0.25) is 0 Å². The van der Waals surface area contributed by atoms with Crippen molar-refractivity contribution in [2.75, 3.05) is 31.1 Å². The Hall–Kier alpha value is -1.67. The van der Waals surface area contributed by atoms with Gasteiger partial charge in [0.15, 0.2) is 5.82 Å². The lowest BCUT2D eigenvalue weighted by Gasteiger charge is -2.34. The molecule has 1 aromatic carbocycles. The molecule has 2 heterocycles. The second-order valence-electron chi connectivity index (χ2n) is 4.84. The molecule has 1 aliphatic heterocycles. The van der Waals surface area contributed by atoms with Crippen molar-refractivity contribution in [3.8, 4) is 0 Å². The zero-order valence-corrected chi connectivity index (χ0v) is 13.6. The van der Waals surface area contributed by atoms with Crippen LogP contribution in [0.3, 0.4) is 0 Å². The summed E-state index contributed by atoms with van der Waals surface area (Å²) in [5.74, 6) is 0.0265. The highest BCUT2D eigenvalue weighted by atomic mass is 79.9. The highest BCUT2D eigenvalue weighted by Gasteiger charge is 2.24. The number of hydrogen-bond donors (Lipinski definition) is 1. The van der Waals surface area contributed by atoms with E-state index in [-0.39, 0.29) is 15.0 Å². The van der Waals surface area contributed by atoms with E-state index in [9.17, 15) is 9.18 Å². The van der Waals surface area contributed by atoms with E-state index in [0.29, 0.717) is 37.4 Å². The molecule has 0 saturated carbocycles. The predicted molar refractivity (Wildman–Crippen MR) is 84.0 cm³/mol. The van der Waals surface area contributed by atoms with E-state index < -0.39 is 11.9 Å². The van der Waals surface area contributed by atoms with E-state index >= 15 is 0 Å². The van der Waals surface area contributed by atoms with Crippen LogP contribution in [0.2, 0.25) is 5.02 Å². The molecular weight excluding hydrogens is 379 g/mol. The Morgan fingerprint density at radius 1 is 1.32 bits per heavy atom. The molecule has 1 saturated heterocycles. The fourth-order valence-electron chi connectivity index (χ4n) is 2.45. The van der Waals surface area contributed by atoms with Gasteiger partial charge in [0.25, 0.3) is 0 Å². The number of piperazine rings is 1. The number of halogens is 3. The molecule has 0 radical (unpaired) electrons. The Balaban J connectivity index is 2.00. The minimum Gasteiger partial charge on any atom is -0.465 e. The van der Waals surface area contributed by atoms with Crippen LogP contribution in [0.25, 0.3) is 10.9 Å². The molecule has 0 unspecified atom stereocenters. The summed E-state index contributed by atoms with van der Waals surface area (Å²) in [6.45, 7) is 1.70. The van der Waals surface area contributed by atoms with Crippen molar-refractivity contribution in [2.24, 2.45) is 0 Å². The van der Waals surface area contributed by atoms with Crippen LogP contribution in [0.15, 0.2) is 16.9 Å². The molecule has 9 heteroatoms. The van der Waals surface area contributed by atoms with E-state index in [4.69, 9.17) is 16.7 Å². The van der Waals surface area contributed by atoms with Gasteiger partial charge in [0.1, 0.15) is 17.7 Å². The maximum absolute atomic E-state index is 14.2. The lowest BCUT2D eigenvalue weighted by Crippen LogP contribution is -2.48. The van der Waals surface area contributed by atoms with E-state index in [1.165, 1.54) is 11.2 Å². The molecule has 0 aliphatic carbocycles. The number of nitrogens with zero attached hydrogens (tertiary/aromatic N) is 4. The second kappa shape index (κ2) is 5.85. The smallest absolute Gasteiger partial charge is 0.407 e. The summed E-state index contributed by atoms with van der Waals surface area (Å²) < 4.78 is 14.4. The summed E-state index contributed by atoms with van der Waals surface area (Å²) in [6.07, 6.45) is 0.357. The first-order chi connectivity index (χ1) is 10.5. The number of carboxylic acid groups (broad SMARTS) is 1. The van der Waals surface area contributed by atoms with Crippen LogP contribution in [0.5, 0.6) is 0 Å². The van der Waals surface area contributed by atoms with Gasteiger partial charge in [-0.05, 0) is 22.0 Å². The van der Waals surface area contributed by atoms with Crippen molar-refractivity contribution in [1.82, 2.24) is 14.9 Å². The largest absolute Gasteiger partial charge is 0.465 e. The quantitative estimate of drug-likeness (QED) is 0.759. The van der Waals surface area contributed by atoms with Crippen molar-refractivity contribution in [1.29, 1.82) is 0 Å². The van der Waals surface area contributed by atoms with Gasteiger partial charge in [0, 0.05) is 31.6 Å². The van der Waals surface area contributed by atoms with Crippen molar-refractivity contribution in [2.45, 2.75) is 0 Å². The van der Waals surface area contributed by atoms with E-state index in [0.717, 1.165) is 0 Å². The normalized spacial score (nSPS) is 15.4.